The van der Waals surface area contributed by atoms with E-state index in [0.717, 1.165) is 6.20 Å². The summed E-state index contributed by atoms with van der Waals surface area (Å²) in [6.45, 7) is 3.91. The fourth-order valence-electron chi connectivity index (χ4n) is 3.16. The number of rotatable bonds is 12. The van der Waals surface area contributed by atoms with Gasteiger partial charge >= 0.3 is 13.7 Å². The number of nitrogens with one attached hydrogen (secondary N) is 1. The molecule has 3 rings (SSSR count). The Morgan fingerprint density at radius 1 is 1.33 bits per heavy atom. The summed E-state index contributed by atoms with van der Waals surface area (Å²) in [6.07, 6.45) is -4.93. The van der Waals surface area contributed by atoms with Crippen molar-refractivity contribution in [2.75, 3.05) is 6.61 Å². The Morgan fingerprint density at radius 2 is 2.00 bits per heavy atom. The van der Waals surface area contributed by atoms with Gasteiger partial charge in [0.05, 0.1) is 18.9 Å². The maximum absolute atomic E-state index is 15.3. The van der Waals surface area contributed by atoms with Crippen molar-refractivity contribution in [2.45, 2.75) is 56.5 Å². The molecule has 1 aliphatic rings. The number of aliphatic hydroxyl groups excluding tert-OH is 1. The van der Waals surface area contributed by atoms with Crippen LogP contribution in [0.25, 0.3) is 0 Å². The lowest BCUT2D eigenvalue weighted by Gasteiger charge is -2.25. The number of alkyl halides is 2. The minimum atomic E-state index is -4.37. The Hall–Kier alpha value is -2.39. The average Bonchev–Trinajstić information content (AvgIpc) is 3.06. The van der Waals surface area contributed by atoms with Gasteiger partial charge < -0.3 is 29.6 Å². The summed E-state index contributed by atoms with van der Waals surface area (Å²) in [5.74, 6) is -2.16. The van der Waals surface area contributed by atoms with Crippen LogP contribution in [0, 0.1) is 0 Å². The van der Waals surface area contributed by atoms with E-state index in [1.165, 1.54) is 19.1 Å². The Morgan fingerprint density at radius 3 is 2.62 bits per heavy atom. The molecule has 1 amide bonds. The van der Waals surface area contributed by atoms with Gasteiger partial charge in [-0.05, 0) is 48.8 Å². The van der Waals surface area contributed by atoms with E-state index in [-0.39, 0.29) is 10.4 Å². The van der Waals surface area contributed by atoms with Gasteiger partial charge in [0.25, 0.3) is 17.3 Å². The first-order valence-corrected chi connectivity index (χ1v) is 14.1. The van der Waals surface area contributed by atoms with Crippen LogP contribution in [0.3, 0.4) is 0 Å². The molecule has 214 valence electrons. The number of halogens is 3. The summed E-state index contributed by atoms with van der Waals surface area (Å²) >= 11 is 8.89. The molecular weight excluding hydrogens is 630 g/mol. The molecule has 0 spiro atoms. The highest BCUT2D eigenvalue weighted by Crippen LogP contribution is 2.47. The number of nitrogens with two attached hydrogens (primary N) is 1. The summed E-state index contributed by atoms with van der Waals surface area (Å²) in [7, 11) is -4.37. The fourth-order valence-corrected chi connectivity index (χ4v) is 5.18. The highest BCUT2D eigenvalue weighted by Gasteiger charge is 2.59. The van der Waals surface area contributed by atoms with Crippen LogP contribution in [0.4, 0.5) is 4.39 Å². The van der Waals surface area contributed by atoms with E-state index in [0.29, 0.717) is 0 Å². The lowest BCUT2D eigenvalue weighted by molar-refractivity contribution is -0.149. The molecular formula is C22H26BrClFN4O9P. The van der Waals surface area contributed by atoms with Crippen molar-refractivity contribution in [3.63, 3.8) is 0 Å². The number of amides is 1. The van der Waals surface area contributed by atoms with Gasteiger partial charge in [0.15, 0.2) is 5.69 Å². The predicted molar refractivity (Wildman–Crippen MR) is 138 cm³/mol. The number of carbonyl (C=O) groups excluding carboxylic acids is 2. The van der Waals surface area contributed by atoms with Crippen molar-refractivity contribution < 1.29 is 46.9 Å². The third-order valence-corrected chi connectivity index (χ3v) is 7.38. The van der Waals surface area contributed by atoms with E-state index < -0.39 is 73.6 Å². The van der Waals surface area contributed by atoms with Gasteiger partial charge in [0.1, 0.15) is 28.6 Å². The summed E-state index contributed by atoms with van der Waals surface area (Å²) in [6, 6.07) is 6.74. The minimum Gasteiger partial charge on any atom is -0.462 e. The second kappa shape index (κ2) is 12.9. The van der Waals surface area contributed by atoms with Crippen LogP contribution in [0.1, 0.15) is 31.3 Å². The van der Waals surface area contributed by atoms with E-state index in [2.05, 4.69) is 31.0 Å². The Labute approximate surface area is 236 Å². The van der Waals surface area contributed by atoms with Crippen LogP contribution in [0.15, 0.2) is 41.1 Å². The molecule has 0 aliphatic carbocycles. The van der Waals surface area contributed by atoms with Gasteiger partial charge in [-0.25, -0.2) is 18.9 Å². The molecule has 0 radical (unpaired) electrons. The van der Waals surface area contributed by atoms with E-state index in [4.69, 9.17) is 40.6 Å². The van der Waals surface area contributed by atoms with Crippen LogP contribution in [0.2, 0.25) is 0 Å². The maximum Gasteiger partial charge on any atom is 0.459 e. The van der Waals surface area contributed by atoms with Crippen LogP contribution < -0.4 is 20.1 Å². The zero-order chi connectivity index (χ0) is 29.0. The summed E-state index contributed by atoms with van der Waals surface area (Å²) < 4.78 is 55.7. The largest absolute Gasteiger partial charge is 0.462 e. The lowest BCUT2D eigenvalue weighted by Crippen LogP contribution is -2.42. The van der Waals surface area contributed by atoms with Gasteiger partial charge in [0, 0.05) is 0 Å². The highest BCUT2D eigenvalue weighted by atomic mass is 79.9. The number of aromatic nitrogens is 2. The Balaban J connectivity index is 1.77. The third-order valence-electron chi connectivity index (χ3n) is 4.96. The first-order chi connectivity index (χ1) is 18.2. The molecule has 2 heterocycles. The standard InChI is InChI=1S/C22H26BrClFN4O9P/c1-11(2)35-20(32)12(3)29-39(33,38-13-7-5-4-6-8-13)34-10-14-17(30)22(24,25)21(36-14)37-19-16(18(26)31)28-15(23)9-27-19/h4-9,11-12,14,17,21,30H,10H2,1-3H3,(H2,26,31)(H,29,33)/t12-,14+,17+,21-,22+,39-/m0/s1. The average molecular weight is 656 g/mol. The van der Waals surface area contributed by atoms with Crippen LogP contribution >= 0.6 is 35.3 Å². The number of hydrogen-bond donors (Lipinski definition) is 3. The molecule has 1 aromatic carbocycles. The van der Waals surface area contributed by atoms with Gasteiger partial charge in [0.2, 0.25) is 5.88 Å². The SMILES string of the molecule is CC(C)OC(=O)[C@H](C)N[P@](=O)(OC[C@H]1O[C@@H](Oc2ncc(Br)nc2C(N)=O)[C@@](F)(Cl)[C@@H]1O)Oc1ccccc1. The lowest BCUT2D eigenvalue weighted by atomic mass is 10.1. The molecule has 1 saturated heterocycles. The highest BCUT2D eigenvalue weighted by molar-refractivity contribution is 9.10. The third kappa shape index (κ3) is 8.07. The van der Waals surface area contributed by atoms with Crippen molar-refractivity contribution in [1.29, 1.82) is 0 Å². The van der Waals surface area contributed by atoms with Crippen molar-refractivity contribution in [3.05, 3.63) is 46.8 Å². The molecule has 39 heavy (non-hydrogen) atoms. The Kier molecular flexibility index (Phi) is 10.3. The number of primary amides is 1. The molecule has 1 aliphatic heterocycles. The molecule has 1 fully saturated rings. The normalized spacial score (nSPS) is 25.1. The summed E-state index contributed by atoms with van der Waals surface area (Å²) in [5.41, 5.74) is 4.81. The molecule has 17 heteroatoms. The first-order valence-electron chi connectivity index (χ1n) is 11.4. The number of carbonyl (C=O) groups is 2. The molecule has 0 bridgehead atoms. The van der Waals surface area contributed by atoms with Crippen molar-refractivity contribution >= 4 is 47.2 Å². The van der Waals surface area contributed by atoms with Crippen LogP contribution in [-0.4, -0.2) is 69.3 Å². The minimum absolute atomic E-state index is 0.122. The molecule has 1 aromatic heterocycles. The quantitative estimate of drug-likeness (QED) is 0.173. The molecule has 0 unspecified atom stereocenters. The fraction of sp³-hybridized carbons (Fsp3) is 0.455. The predicted octanol–water partition coefficient (Wildman–Crippen LogP) is 2.84. The van der Waals surface area contributed by atoms with E-state index in [9.17, 15) is 19.3 Å². The summed E-state index contributed by atoms with van der Waals surface area (Å²) in [4.78, 5) is 31.6. The number of hydrogen-bond acceptors (Lipinski definition) is 11. The molecule has 13 nitrogen and oxygen atoms in total. The van der Waals surface area contributed by atoms with E-state index >= 15 is 4.39 Å². The molecule has 0 saturated carbocycles. The molecule has 6 atom stereocenters. The van der Waals surface area contributed by atoms with Crippen molar-refractivity contribution in [3.8, 4) is 11.6 Å². The summed E-state index contributed by atoms with van der Waals surface area (Å²) in [5, 5.41) is 9.88. The topological polar surface area (TPSA) is 181 Å². The second-order valence-electron chi connectivity index (χ2n) is 8.49. The van der Waals surface area contributed by atoms with Gasteiger partial charge in [-0.3, -0.25) is 14.1 Å². The van der Waals surface area contributed by atoms with Crippen molar-refractivity contribution in [2.24, 2.45) is 5.73 Å². The maximum atomic E-state index is 15.3. The van der Waals surface area contributed by atoms with Gasteiger partial charge in [-0.15, -0.1) is 0 Å². The zero-order valence-corrected chi connectivity index (χ0v) is 24.1. The smallest absolute Gasteiger partial charge is 0.459 e. The van der Waals surface area contributed by atoms with Crippen molar-refractivity contribution in [1.82, 2.24) is 15.1 Å². The van der Waals surface area contributed by atoms with Crippen LogP contribution in [0.5, 0.6) is 11.6 Å². The number of esters is 1. The van der Waals surface area contributed by atoms with E-state index in [1.54, 1.807) is 32.0 Å². The first kappa shape index (κ1) is 31.1. The number of benzene rings is 1. The zero-order valence-electron chi connectivity index (χ0n) is 20.8. The number of ether oxygens (including phenoxy) is 3. The molecule has 2 aromatic rings. The second-order valence-corrected chi connectivity index (χ2v) is 11.6. The van der Waals surface area contributed by atoms with E-state index in [1.807, 2.05) is 0 Å². The Bertz CT molecular complexity index is 1230. The number of nitrogens with zero attached hydrogens (tertiary/aromatic N) is 2. The van der Waals surface area contributed by atoms with Gasteiger partial charge in [-0.1, -0.05) is 29.8 Å². The number of aliphatic hydroxyl groups is 1. The van der Waals surface area contributed by atoms with Crippen LogP contribution in [-0.2, 0) is 23.4 Å². The van der Waals surface area contributed by atoms with Gasteiger partial charge in [-0.2, -0.15) is 5.09 Å². The number of para-hydroxylation sites is 1. The molecule has 4 N–H and O–H groups in total. The monoisotopic (exact) mass is 654 g/mol.